The highest BCUT2D eigenvalue weighted by Crippen LogP contribution is 2.37. The Hall–Kier alpha value is -1.18. The van der Waals surface area contributed by atoms with Crippen molar-refractivity contribution in [3.8, 4) is 0 Å². The van der Waals surface area contributed by atoms with E-state index in [1.165, 1.54) is 4.90 Å². The zero-order valence-corrected chi connectivity index (χ0v) is 15.4. The molecule has 0 saturated carbocycles. The van der Waals surface area contributed by atoms with Gasteiger partial charge in [0.05, 0.1) is 6.10 Å². The molecule has 1 amide bonds. The lowest BCUT2D eigenvalue weighted by atomic mass is 9.87. The molecule has 0 unspecified atom stereocenters. The minimum Gasteiger partial charge on any atom is -0.444 e. The second kappa shape index (κ2) is 8.47. The van der Waals surface area contributed by atoms with Crippen molar-refractivity contribution >= 4 is 11.9 Å². The van der Waals surface area contributed by atoms with E-state index in [1.807, 2.05) is 0 Å². The minimum atomic E-state index is -0.790. The Morgan fingerprint density at radius 3 is 2.60 bits per heavy atom. The number of carbonyl (C=O) groups is 2. The molecule has 0 bridgehead atoms. The average Bonchev–Trinajstić information content (AvgIpc) is 2.76. The van der Waals surface area contributed by atoms with Crippen LogP contribution in [0.3, 0.4) is 0 Å². The third-order valence-electron chi connectivity index (χ3n) is 4.90. The maximum absolute atomic E-state index is 12.6. The first-order valence-electron chi connectivity index (χ1n) is 9.12. The van der Waals surface area contributed by atoms with Gasteiger partial charge in [-0.2, -0.15) is 0 Å². The van der Waals surface area contributed by atoms with E-state index in [-0.39, 0.29) is 12.5 Å². The molecule has 2 fully saturated rings. The second-order valence-electron chi connectivity index (χ2n) is 8.05. The molecule has 0 spiro atoms. The van der Waals surface area contributed by atoms with Crippen molar-refractivity contribution in [3.63, 3.8) is 0 Å². The van der Waals surface area contributed by atoms with Gasteiger partial charge in [-0.1, -0.05) is 0 Å². The number of hydrogen-bond acceptors (Lipinski definition) is 6. The molecule has 0 aliphatic carbocycles. The quantitative estimate of drug-likeness (QED) is 0.771. The number of ketones is 1. The normalized spacial score (nSPS) is 29.9. The molecule has 2 aliphatic heterocycles. The fourth-order valence-corrected chi connectivity index (χ4v) is 3.86. The lowest BCUT2D eigenvalue weighted by Crippen LogP contribution is -2.48. The highest BCUT2D eigenvalue weighted by Gasteiger charge is 2.50. The van der Waals surface area contributed by atoms with Crippen LogP contribution >= 0.6 is 0 Å². The molecular formula is C18H31NO6. The van der Waals surface area contributed by atoms with Crippen LogP contribution in [-0.4, -0.2) is 71.1 Å². The molecule has 25 heavy (non-hydrogen) atoms. The largest absolute Gasteiger partial charge is 0.444 e. The summed E-state index contributed by atoms with van der Waals surface area (Å²) < 4.78 is 11.4. The summed E-state index contributed by atoms with van der Waals surface area (Å²) in [6, 6.07) is -0.790. The SMILES string of the molecule is CC(C)(C)OC(=O)N1C[C@@H]2C[C@H](CCCO)CCO[C@H]2[C@H]1C(=O)CO. The Morgan fingerprint density at radius 2 is 2.00 bits per heavy atom. The molecule has 144 valence electrons. The first-order chi connectivity index (χ1) is 11.8. The Balaban J connectivity index is 2.16. The molecule has 7 nitrogen and oxygen atoms in total. The van der Waals surface area contributed by atoms with E-state index < -0.39 is 36.2 Å². The molecular weight excluding hydrogens is 326 g/mol. The predicted molar refractivity (Wildman–Crippen MR) is 91.1 cm³/mol. The van der Waals surface area contributed by atoms with Crippen molar-refractivity contribution in [2.45, 2.75) is 64.2 Å². The van der Waals surface area contributed by atoms with Gasteiger partial charge >= 0.3 is 6.09 Å². The van der Waals surface area contributed by atoms with Crippen LogP contribution in [0.5, 0.6) is 0 Å². The summed E-state index contributed by atoms with van der Waals surface area (Å²) in [6.07, 6.45) is 2.46. The van der Waals surface area contributed by atoms with Crippen LogP contribution < -0.4 is 0 Å². The van der Waals surface area contributed by atoms with Gasteiger partial charge in [-0.3, -0.25) is 9.69 Å². The molecule has 0 aromatic rings. The van der Waals surface area contributed by atoms with Gasteiger partial charge in [0.1, 0.15) is 18.2 Å². The van der Waals surface area contributed by atoms with Gasteiger partial charge in [-0.15, -0.1) is 0 Å². The van der Waals surface area contributed by atoms with E-state index in [1.54, 1.807) is 20.8 Å². The molecule has 0 aromatic carbocycles. The zero-order chi connectivity index (χ0) is 18.6. The molecule has 2 rings (SSSR count). The van der Waals surface area contributed by atoms with Crippen molar-refractivity contribution in [3.05, 3.63) is 0 Å². The molecule has 7 heteroatoms. The number of nitrogens with zero attached hydrogens (tertiary/aromatic N) is 1. The second-order valence-corrected chi connectivity index (χ2v) is 8.05. The fourth-order valence-electron chi connectivity index (χ4n) is 3.86. The summed E-state index contributed by atoms with van der Waals surface area (Å²) in [5, 5.41) is 18.4. The van der Waals surface area contributed by atoms with E-state index in [0.717, 1.165) is 25.7 Å². The van der Waals surface area contributed by atoms with E-state index in [9.17, 15) is 14.7 Å². The zero-order valence-electron chi connectivity index (χ0n) is 15.4. The molecule has 2 aliphatic rings. The predicted octanol–water partition coefficient (Wildman–Crippen LogP) is 1.35. The number of carbonyl (C=O) groups excluding carboxylic acids is 2. The topological polar surface area (TPSA) is 96.3 Å². The summed E-state index contributed by atoms with van der Waals surface area (Å²) in [6.45, 7) is 5.81. The van der Waals surface area contributed by atoms with Gasteiger partial charge < -0.3 is 19.7 Å². The highest BCUT2D eigenvalue weighted by molar-refractivity contribution is 5.89. The summed E-state index contributed by atoms with van der Waals surface area (Å²) in [4.78, 5) is 26.3. The number of rotatable bonds is 5. The lowest BCUT2D eigenvalue weighted by molar-refractivity contribution is -0.130. The van der Waals surface area contributed by atoms with Crippen LogP contribution in [0, 0.1) is 11.8 Å². The van der Waals surface area contributed by atoms with Gasteiger partial charge in [-0.25, -0.2) is 4.79 Å². The number of likely N-dealkylation sites (tertiary alicyclic amines) is 1. The third kappa shape index (κ3) is 5.15. The maximum Gasteiger partial charge on any atom is 0.411 e. The van der Waals surface area contributed by atoms with E-state index in [0.29, 0.717) is 19.1 Å². The standard InChI is InChI=1S/C18H31NO6/c1-18(2,3)25-17(23)19-10-13-9-12(5-4-7-20)6-8-24-16(13)15(19)14(22)11-21/h12-13,15-16,20-21H,4-11H2,1-3H3/t12-,13+,15-,16-/m1/s1. The van der Waals surface area contributed by atoms with Crippen molar-refractivity contribution in [2.24, 2.45) is 11.8 Å². The molecule has 2 N–H and O–H groups in total. The molecule has 2 heterocycles. The van der Waals surface area contributed by atoms with Gasteiger partial charge in [0.2, 0.25) is 0 Å². The number of aliphatic hydroxyl groups excluding tert-OH is 2. The van der Waals surface area contributed by atoms with Crippen LogP contribution in [-0.2, 0) is 14.3 Å². The Labute approximate surface area is 149 Å². The summed E-state index contributed by atoms with van der Waals surface area (Å²) in [5.74, 6) is 0.0389. The average molecular weight is 357 g/mol. The Bertz CT molecular complexity index is 475. The van der Waals surface area contributed by atoms with Crippen LogP contribution in [0.4, 0.5) is 4.79 Å². The highest BCUT2D eigenvalue weighted by atomic mass is 16.6. The van der Waals surface area contributed by atoms with Gasteiger partial charge in [0, 0.05) is 25.7 Å². The summed E-state index contributed by atoms with van der Waals surface area (Å²) in [7, 11) is 0. The number of amides is 1. The molecule has 2 saturated heterocycles. The summed E-state index contributed by atoms with van der Waals surface area (Å²) in [5.41, 5.74) is -0.654. The van der Waals surface area contributed by atoms with E-state index in [4.69, 9.17) is 14.6 Å². The van der Waals surface area contributed by atoms with Crippen LogP contribution in [0.1, 0.15) is 46.5 Å². The van der Waals surface area contributed by atoms with Crippen LogP contribution in [0.15, 0.2) is 0 Å². The first-order valence-corrected chi connectivity index (χ1v) is 9.12. The Kier molecular flexibility index (Phi) is 6.82. The maximum atomic E-state index is 12.6. The molecule has 0 aromatic heterocycles. The van der Waals surface area contributed by atoms with Crippen molar-refractivity contribution < 1.29 is 29.3 Å². The van der Waals surface area contributed by atoms with Gasteiger partial charge in [0.15, 0.2) is 5.78 Å². The number of Topliss-reactive ketones (excluding diaryl/α,β-unsaturated/α-hetero) is 1. The first kappa shape index (κ1) is 20.1. The number of hydrogen-bond donors (Lipinski definition) is 2. The molecule has 0 radical (unpaired) electrons. The van der Waals surface area contributed by atoms with E-state index in [2.05, 4.69) is 0 Å². The van der Waals surface area contributed by atoms with Crippen LogP contribution in [0.25, 0.3) is 0 Å². The third-order valence-corrected chi connectivity index (χ3v) is 4.90. The fraction of sp³-hybridized carbons (Fsp3) is 0.889. The number of ether oxygens (including phenoxy) is 2. The van der Waals surface area contributed by atoms with Crippen molar-refractivity contribution in [1.29, 1.82) is 0 Å². The van der Waals surface area contributed by atoms with Gasteiger partial charge in [-0.05, 0) is 52.4 Å². The number of aliphatic hydroxyl groups is 2. The van der Waals surface area contributed by atoms with Crippen molar-refractivity contribution in [1.82, 2.24) is 4.90 Å². The Morgan fingerprint density at radius 1 is 1.28 bits per heavy atom. The van der Waals surface area contributed by atoms with Gasteiger partial charge in [0.25, 0.3) is 0 Å². The lowest BCUT2D eigenvalue weighted by Gasteiger charge is -2.29. The van der Waals surface area contributed by atoms with Crippen LogP contribution in [0.2, 0.25) is 0 Å². The minimum absolute atomic E-state index is 0.0409. The molecule has 4 atom stereocenters. The smallest absolute Gasteiger partial charge is 0.411 e. The van der Waals surface area contributed by atoms with E-state index >= 15 is 0 Å². The number of fused-ring (bicyclic) bond motifs is 1. The summed E-state index contributed by atoms with van der Waals surface area (Å²) >= 11 is 0. The monoisotopic (exact) mass is 357 g/mol. The van der Waals surface area contributed by atoms with Crippen molar-refractivity contribution in [2.75, 3.05) is 26.4 Å².